The van der Waals surface area contributed by atoms with E-state index in [0.717, 1.165) is 19.6 Å². The molecule has 1 aromatic rings. The van der Waals surface area contributed by atoms with Crippen molar-refractivity contribution in [3.8, 4) is 0 Å². The predicted octanol–water partition coefficient (Wildman–Crippen LogP) is 2.60. The zero-order valence-corrected chi connectivity index (χ0v) is 12.2. The number of nitrogens with zero attached hydrogens (tertiary/aromatic N) is 1. The number of hydrogen-bond donors (Lipinski definition) is 1. The largest absolute Gasteiger partial charge is 0.311 e. The Kier molecular flexibility index (Phi) is 5.54. The third kappa shape index (κ3) is 4.30. The molecular weight excluding hydrogens is 240 g/mol. The summed E-state index contributed by atoms with van der Waals surface area (Å²) in [6, 6.07) is 12.0. The molecule has 1 heterocycles. The van der Waals surface area contributed by atoms with Crippen molar-refractivity contribution in [3.63, 3.8) is 0 Å². The number of benzene rings is 1. The highest BCUT2D eigenvalue weighted by Gasteiger charge is 2.18. The Hall–Kier alpha value is -0.510. The maximum atomic E-state index is 3.63. The first kappa shape index (κ1) is 13.9. The minimum atomic E-state index is 0.596. The lowest BCUT2D eigenvalue weighted by Gasteiger charge is -2.33. The van der Waals surface area contributed by atoms with Crippen molar-refractivity contribution in [1.29, 1.82) is 0 Å². The van der Waals surface area contributed by atoms with Gasteiger partial charge in [0.2, 0.25) is 0 Å². The SMILES string of the molecule is CC(C)N(Cc1ccccc1)CC1CSCCN1. The van der Waals surface area contributed by atoms with Gasteiger partial charge in [-0.1, -0.05) is 30.3 Å². The fraction of sp³-hybridized carbons (Fsp3) is 0.600. The summed E-state index contributed by atoms with van der Waals surface area (Å²) in [7, 11) is 0. The van der Waals surface area contributed by atoms with E-state index in [1.54, 1.807) is 0 Å². The Morgan fingerprint density at radius 2 is 2.11 bits per heavy atom. The van der Waals surface area contributed by atoms with E-state index in [4.69, 9.17) is 0 Å². The molecule has 0 radical (unpaired) electrons. The van der Waals surface area contributed by atoms with Gasteiger partial charge in [-0.2, -0.15) is 11.8 Å². The molecule has 2 nitrogen and oxygen atoms in total. The first-order chi connectivity index (χ1) is 8.75. The van der Waals surface area contributed by atoms with E-state index in [1.807, 2.05) is 0 Å². The van der Waals surface area contributed by atoms with E-state index >= 15 is 0 Å². The van der Waals surface area contributed by atoms with Crippen molar-refractivity contribution in [2.45, 2.75) is 32.5 Å². The Labute approximate surface area is 115 Å². The topological polar surface area (TPSA) is 15.3 Å². The molecule has 18 heavy (non-hydrogen) atoms. The van der Waals surface area contributed by atoms with Crippen LogP contribution in [0.5, 0.6) is 0 Å². The van der Waals surface area contributed by atoms with Gasteiger partial charge in [0.05, 0.1) is 0 Å². The number of thioether (sulfide) groups is 1. The molecule has 1 aliphatic rings. The monoisotopic (exact) mass is 264 g/mol. The van der Waals surface area contributed by atoms with Gasteiger partial charge in [0, 0.05) is 43.2 Å². The Morgan fingerprint density at radius 3 is 2.72 bits per heavy atom. The van der Waals surface area contributed by atoms with Gasteiger partial charge in [0.15, 0.2) is 0 Å². The average Bonchev–Trinajstić information content (AvgIpc) is 2.40. The van der Waals surface area contributed by atoms with E-state index in [0.29, 0.717) is 12.1 Å². The van der Waals surface area contributed by atoms with E-state index in [9.17, 15) is 0 Å². The highest BCUT2D eigenvalue weighted by Crippen LogP contribution is 2.13. The summed E-state index contributed by atoms with van der Waals surface area (Å²) in [5.74, 6) is 2.51. The molecular formula is C15H24N2S. The van der Waals surface area contributed by atoms with Crippen LogP contribution in [-0.4, -0.2) is 41.6 Å². The Bertz CT molecular complexity index is 334. The molecule has 1 aromatic carbocycles. The molecule has 1 atom stereocenters. The molecule has 0 spiro atoms. The summed E-state index contributed by atoms with van der Waals surface area (Å²) in [6.45, 7) is 7.95. The van der Waals surface area contributed by atoms with Gasteiger partial charge in [-0.05, 0) is 19.4 Å². The normalized spacial score (nSPS) is 20.6. The third-order valence-corrected chi connectivity index (χ3v) is 4.54. The fourth-order valence-corrected chi connectivity index (χ4v) is 3.23. The summed E-state index contributed by atoms with van der Waals surface area (Å²) in [6.07, 6.45) is 0. The van der Waals surface area contributed by atoms with Crippen LogP contribution in [0, 0.1) is 0 Å². The van der Waals surface area contributed by atoms with Crippen LogP contribution in [0.3, 0.4) is 0 Å². The second kappa shape index (κ2) is 7.17. The van der Waals surface area contributed by atoms with Gasteiger partial charge in [-0.25, -0.2) is 0 Å². The molecule has 3 heteroatoms. The van der Waals surface area contributed by atoms with Crippen molar-refractivity contribution >= 4 is 11.8 Å². The number of nitrogens with one attached hydrogen (secondary N) is 1. The molecule has 1 aliphatic heterocycles. The highest BCUT2D eigenvalue weighted by atomic mass is 32.2. The zero-order chi connectivity index (χ0) is 12.8. The van der Waals surface area contributed by atoms with Gasteiger partial charge < -0.3 is 5.32 Å². The van der Waals surface area contributed by atoms with Crippen molar-refractivity contribution in [2.75, 3.05) is 24.6 Å². The molecule has 1 unspecified atom stereocenters. The third-order valence-electron chi connectivity index (χ3n) is 3.41. The summed E-state index contributed by atoms with van der Waals surface area (Å²) in [5, 5.41) is 3.63. The van der Waals surface area contributed by atoms with E-state index in [-0.39, 0.29) is 0 Å². The van der Waals surface area contributed by atoms with Gasteiger partial charge in [0.25, 0.3) is 0 Å². The molecule has 1 fully saturated rings. The van der Waals surface area contributed by atoms with E-state index < -0.39 is 0 Å². The lowest BCUT2D eigenvalue weighted by atomic mass is 10.1. The van der Waals surface area contributed by atoms with Crippen LogP contribution in [-0.2, 0) is 6.54 Å². The minimum absolute atomic E-state index is 0.596. The van der Waals surface area contributed by atoms with E-state index in [1.165, 1.54) is 17.1 Å². The maximum Gasteiger partial charge on any atom is 0.0286 e. The lowest BCUT2D eigenvalue weighted by Crippen LogP contribution is -2.47. The quantitative estimate of drug-likeness (QED) is 0.880. The van der Waals surface area contributed by atoms with Crippen LogP contribution in [0.4, 0.5) is 0 Å². The second-order valence-electron chi connectivity index (χ2n) is 5.23. The van der Waals surface area contributed by atoms with Crippen molar-refractivity contribution in [2.24, 2.45) is 0 Å². The molecule has 0 bridgehead atoms. The predicted molar refractivity (Wildman–Crippen MR) is 81.1 cm³/mol. The van der Waals surface area contributed by atoms with Crippen LogP contribution >= 0.6 is 11.8 Å². The molecule has 0 amide bonds. The van der Waals surface area contributed by atoms with Crippen LogP contribution in [0.1, 0.15) is 19.4 Å². The van der Waals surface area contributed by atoms with Crippen molar-refractivity contribution < 1.29 is 0 Å². The molecule has 100 valence electrons. The smallest absolute Gasteiger partial charge is 0.0286 e. The van der Waals surface area contributed by atoms with Crippen LogP contribution in [0.15, 0.2) is 30.3 Å². The molecule has 0 saturated carbocycles. The van der Waals surface area contributed by atoms with Gasteiger partial charge >= 0.3 is 0 Å². The van der Waals surface area contributed by atoms with Crippen LogP contribution < -0.4 is 5.32 Å². The first-order valence-electron chi connectivity index (χ1n) is 6.85. The molecule has 1 N–H and O–H groups in total. The summed E-state index contributed by atoms with van der Waals surface area (Å²) in [4.78, 5) is 2.57. The summed E-state index contributed by atoms with van der Waals surface area (Å²) < 4.78 is 0. The first-order valence-corrected chi connectivity index (χ1v) is 8.00. The van der Waals surface area contributed by atoms with Crippen LogP contribution in [0.25, 0.3) is 0 Å². The zero-order valence-electron chi connectivity index (χ0n) is 11.4. The number of rotatable bonds is 5. The highest BCUT2D eigenvalue weighted by molar-refractivity contribution is 7.99. The Morgan fingerprint density at radius 1 is 1.33 bits per heavy atom. The van der Waals surface area contributed by atoms with Crippen molar-refractivity contribution in [3.05, 3.63) is 35.9 Å². The standard InChI is InChI=1S/C15H24N2S/c1-13(2)17(10-14-6-4-3-5-7-14)11-15-12-18-9-8-16-15/h3-7,13,15-16H,8-12H2,1-2H3. The van der Waals surface area contributed by atoms with Crippen molar-refractivity contribution in [1.82, 2.24) is 10.2 Å². The van der Waals surface area contributed by atoms with Gasteiger partial charge in [-0.15, -0.1) is 0 Å². The second-order valence-corrected chi connectivity index (χ2v) is 6.38. The van der Waals surface area contributed by atoms with Gasteiger partial charge in [0.1, 0.15) is 0 Å². The van der Waals surface area contributed by atoms with Crippen LogP contribution in [0.2, 0.25) is 0 Å². The maximum absolute atomic E-state index is 3.63. The van der Waals surface area contributed by atoms with Gasteiger partial charge in [-0.3, -0.25) is 4.90 Å². The minimum Gasteiger partial charge on any atom is -0.311 e. The molecule has 2 rings (SSSR count). The molecule has 0 aliphatic carbocycles. The van der Waals surface area contributed by atoms with E-state index in [2.05, 4.69) is 66.2 Å². The fourth-order valence-electron chi connectivity index (χ4n) is 2.30. The Balaban J connectivity index is 1.91. The molecule has 1 saturated heterocycles. The summed E-state index contributed by atoms with van der Waals surface area (Å²) in [5.41, 5.74) is 1.41. The number of hydrogen-bond acceptors (Lipinski definition) is 3. The molecule has 0 aromatic heterocycles. The average molecular weight is 264 g/mol. The lowest BCUT2D eigenvalue weighted by molar-refractivity contribution is 0.194. The summed E-state index contributed by atoms with van der Waals surface area (Å²) >= 11 is 2.07.